The van der Waals surface area contributed by atoms with Crippen molar-refractivity contribution in [2.75, 3.05) is 12.4 Å². The first kappa shape index (κ1) is 12.6. The zero-order valence-corrected chi connectivity index (χ0v) is 9.95. The van der Waals surface area contributed by atoms with Crippen LogP contribution in [0.1, 0.15) is 5.69 Å². The van der Waals surface area contributed by atoms with Gasteiger partial charge in [-0.2, -0.15) is 13.2 Å². The van der Waals surface area contributed by atoms with E-state index in [0.717, 1.165) is 0 Å². The van der Waals surface area contributed by atoms with Gasteiger partial charge in [0.15, 0.2) is 5.69 Å². The van der Waals surface area contributed by atoms with Crippen molar-refractivity contribution in [2.24, 2.45) is 0 Å². The molecule has 2 aromatic heterocycles. The lowest BCUT2D eigenvalue weighted by molar-refractivity contribution is -0.140. The van der Waals surface area contributed by atoms with E-state index < -0.39 is 17.9 Å². The number of fused-ring (bicyclic) bond motifs is 1. The van der Waals surface area contributed by atoms with E-state index in [2.05, 4.69) is 15.6 Å². The third-order valence-corrected chi connectivity index (χ3v) is 3.03. The molecule has 2 rings (SSSR count). The van der Waals surface area contributed by atoms with Crippen LogP contribution in [0.2, 0.25) is 0 Å². The lowest BCUT2D eigenvalue weighted by atomic mass is 10.2. The van der Waals surface area contributed by atoms with Crippen molar-refractivity contribution in [1.29, 1.82) is 0 Å². The number of carbonyl (C=O) groups excluding carboxylic acids is 1. The molecular formula is C10H8F3N3OS. The van der Waals surface area contributed by atoms with Gasteiger partial charge in [-0.1, -0.05) is 0 Å². The van der Waals surface area contributed by atoms with Gasteiger partial charge in [0, 0.05) is 7.05 Å². The largest absolute Gasteiger partial charge is 0.435 e. The highest BCUT2D eigenvalue weighted by atomic mass is 32.1. The lowest BCUT2D eigenvalue weighted by Gasteiger charge is -2.12. The quantitative estimate of drug-likeness (QED) is 0.840. The van der Waals surface area contributed by atoms with Crippen molar-refractivity contribution in [1.82, 2.24) is 10.3 Å². The zero-order valence-electron chi connectivity index (χ0n) is 9.13. The normalized spacial score (nSPS) is 11.6. The topological polar surface area (TPSA) is 54.0 Å². The van der Waals surface area contributed by atoms with Crippen LogP contribution in [0.5, 0.6) is 0 Å². The molecule has 4 nitrogen and oxygen atoms in total. The Hall–Kier alpha value is -1.83. The van der Waals surface area contributed by atoms with Crippen molar-refractivity contribution in [3.05, 3.63) is 23.2 Å². The van der Waals surface area contributed by atoms with Crippen molar-refractivity contribution in [2.45, 2.75) is 6.18 Å². The zero-order chi connectivity index (χ0) is 13.3. The number of hydrogen-bond donors (Lipinski definition) is 2. The number of rotatable bonds is 1. The first-order valence-electron chi connectivity index (χ1n) is 4.86. The molecule has 0 fully saturated rings. The second kappa shape index (κ2) is 4.45. The van der Waals surface area contributed by atoms with Gasteiger partial charge in [-0.25, -0.2) is 9.78 Å². The number of nitrogens with zero attached hydrogens (tertiary/aromatic N) is 1. The van der Waals surface area contributed by atoms with Gasteiger partial charge in [-0.15, -0.1) is 11.3 Å². The fourth-order valence-electron chi connectivity index (χ4n) is 1.39. The van der Waals surface area contributed by atoms with Gasteiger partial charge in [0.1, 0.15) is 0 Å². The molecule has 0 bridgehead atoms. The summed E-state index contributed by atoms with van der Waals surface area (Å²) in [4.78, 5) is 14.7. The maximum Gasteiger partial charge on any atom is 0.435 e. The van der Waals surface area contributed by atoms with Crippen LogP contribution in [0.3, 0.4) is 0 Å². The Bertz CT molecular complexity index is 594. The molecule has 0 aliphatic carbocycles. The number of nitrogens with one attached hydrogen (secondary N) is 2. The molecule has 0 unspecified atom stereocenters. The van der Waals surface area contributed by atoms with Crippen LogP contribution < -0.4 is 10.6 Å². The maximum atomic E-state index is 12.8. The Morgan fingerprint density at radius 1 is 1.44 bits per heavy atom. The summed E-state index contributed by atoms with van der Waals surface area (Å²) in [6.45, 7) is 0. The van der Waals surface area contributed by atoms with Crippen LogP contribution in [0.4, 0.5) is 23.7 Å². The molecule has 0 saturated carbocycles. The smallest absolute Gasteiger partial charge is 0.341 e. The number of pyridine rings is 1. The minimum atomic E-state index is -4.62. The molecule has 0 saturated heterocycles. The van der Waals surface area contributed by atoms with E-state index in [9.17, 15) is 18.0 Å². The predicted octanol–water partition coefficient (Wildman–Crippen LogP) is 3.07. The van der Waals surface area contributed by atoms with E-state index in [4.69, 9.17) is 0 Å². The van der Waals surface area contributed by atoms with Crippen molar-refractivity contribution >= 4 is 33.3 Å². The second-order valence-corrected chi connectivity index (χ2v) is 4.34. The summed E-state index contributed by atoms with van der Waals surface area (Å²) >= 11 is 1.25. The van der Waals surface area contributed by atoms with Gasteiger partial charge in [-0.3, -0.25) is 0 Å². The first-order chi connectivity index (χ1) is 8.41. The fourth-order valence-corrected chi connectivity index (χ4v) is 2.15. The van der Waals surface area contributed by atoms with Gasteiger partial charge >= 0.3 is 12.2 Å². The van der Waals surface area contributed by atoms with E-state index in [1.165, 1.54) is 30.5 Å². The van der Waals surface area contributed by atoms with Gasteiger partial charge in [0.05, 0.1) is 15.9 Å². The summed E-state index contributed by atoms with van der Waals surface area (Å²) in [6.07, 6.45) is -4.62. The third-order valence-electron chi connectivity index (χ3n) is 2.18. The standard InChI is InChI=1S/C10H8F3N3OS/c1-14-9(17)16-6-4-7-5(2-3-18-7)15-8(6)10(11,12)13/h2-4H,1H3,(H2,14,16,17). The molecule has 0 aliphatic rings. The van der Waals surface area contributed by atoms with Crippen molar-refractivity contribution in [3.63, 3.8) is 0 Å². The van der Waals surface area contributed by atoms with Crippen molar-refractivity contribution in [3.8, 4) is 0 Å². The van der Waals surface area contributed by atoms with E-state index in [-0.39, 0.29) is 11.2 Å². The van der Waals surface area contributed by atoms with Crippen LogP contribution in [0.15, 0.2) is 17.5 Å². The van der Waals surface area contributed by atoms with Gasteiger partial charge in [0.2, 0.25) is 0 Å². The number of carbonyl (C=O) groups is 1. The molecule has 96 valence electrons. The Labute approximate surface area is 104 Å². The summed E-state index contributed by atoms with van der Waals surface area (Å²) in [5, 5.41) is 5.96. The van der Waals surface area contributed by atoms with Crippen LogP contribution >= 0.6 is 11.3 Å². The number of urea groups is 1. The molecule has 2 N–H and O–H groups in total. The Morgan fingerprint density at radius 3 is 2.78 bits per heavy atom. The van der Waals surface area contributed by atoms with E-state index in [0.29, 0.717) is 4.70 Å². The number of amides is 2. The van der Waals surface area contributed by atoms with E-state index >= 15 is 0 Å². The molecule has 8 heteroatoms. The molecular weight excluding hydrogens is 267 g/mol. The predicted molar refractivity (Wildman–Crippen MR) is 62.7 cm³/mol. The number of anilines is 1. The first-order valence-corrected chi connectivity index (χ1v) is 5.74. The van der Waals surface area contributed by atoms with Gasteiger partial charge in [-0.05, 0) is 17.5 Å². The third kappa shape index (κ3) is 2.37. The van der Waals surface area contributed by atoms with Gasteiger partial charge < -0.3 is 10.6 Å². The number of alkyl halides is 3. The number of hydrogen-bond acceptors (Lipinski definition) is 3. The summed E-state index contributed by atoms with van der Waals surface area (Å²) in [5.74, 6) is 0. The van der Waals surface area contributed by atoms with E-state index in [1.54, 1.807) is 5.38 Å². The fraction of sp³-hybridized carbons (Fsp3) is 0.200. The number of halogens is 3. The van der Waals surface area contributed by atoms with Gasteiger partial charge in [0.25, 0.3) is 0 Å². The SMILES string of the molecule is CNC(=O)Nc1cc2sccc2nc1C(F)(F)F. The van der Waals surface area contributed by atoms with Crippen LogP contribution in [-0.4, -0.2) is 18.1 Å². The number of aromatic nitrogens is 1. The highest BCUT2D eigenvalue weighted by Crippen LogP contribution is 2.36. The molecule has 0 atom stereocenters. The molecule has 0 spiro atoms. The molecule has 0 aromatic carbocycles. The van der Waals surface area contributed by atoms with Crippen LogP contribution in [-0.2, 0) is 6.18 Å². The highest BCUT2D eigenvalue weighted by molar-refractivity contribution is 7.17. The van der Waals surface area contributed by atoms with E-state index in [1.807, 2.05) is 0 Å². The summed E-state index contributed by atoms with van der Waals surface area (Å²) in [7, 11) is 1.32. The second-order valence-electron chi connectivity index (χ2n) is 3.39. The monoisotopic (exact) mass is 275 g/mol. The average Bonchev–Trinajstić information content (AvgIpc) is 2.73. The molecule has 2 aromatic rings. The minimum absolute atomic E-state index is 0.259. The van der Waals surface area contributed by atoms with Crippen molar-refractivity contribution < 1.29 is 18.0 Å². The molecule has 2 amide bonds. The summed E-state index contributed by atoms with van der Waals surface area (Å²) in [5.41, 5.74) is -1.19. The summed E-state index contributed by atoms with van der Waals surface area (Å²) in [6, 6.07) is 2.04. The molecule has 18 heavy (non-hydrogen) atoms. The highest BCUT2D eigenvalue weighted by Gasteiger charge is 2.36. The Morgan fingerprint density at radius 2 is 2.17 bits per heavy atom. The lowest BCUT2D eigenvalue weighted by Crippen LogP contribution is -2.26. The molecule has 0 radical (unpaired) electrons. The summed E-state index contributed by atoms with van der Waals surface area (Å²) < 4.78 is 39.0. The Balaban J connectivity index is 2.56. The average molecular weight is 275 g/mol. The Kier molecular flexibility index (Phi) is 3.12. The van der Waals surface area contributed by atoms with Crippen LogP contribution in [0, 0.1) is 0 Å². The molecule has 0 aliphatic heterocycles. The molecule has 2 heterocycles. The minimum Gasteiger partial charge on any atom is -0.341 e. The number of thiophene rings is 1. The van der Waals surface area contributed by atoms with Crippen LogP contribution in [0.25, 0.3) is 10.2 Å². The maximum absolute atomic E-state index is 12.8.